The van der Waals surface area contributed by atoms with Crippen LogP contribution in [0.25, 0.3) is 5.69 Å². The standard InChI is InChI=1S/C23H28N6OS/c1-17(2)19-9-11-21(12-10-19)29-23(24-25-26-29)31-18(3)22(30)28-15-13-27(14-16-28)20-7-5-4-6-8-20/h4-12,17-18H,13-16H2,1-3H3. The predicted octanol–water partition coefficient (Wildman–Crippen LogP) is 3.62. The zero-order chi connectivity index (χ0) is 21.8. The van der Waals surface area contributed by atoms with Crippen LogP contribution in [-0.4, -0.2) is 62.4 Å². The molecular weight excluding hydrogens is 408 g/mol. The van der Waals surface area contributed by atoms with Gasteiger partial charge in [0.15, 0.2) is 0 Å². The maximum absolute atomic E-state index is 13.0. The number of hydrogen-bond acceptors (Lipinski definition) is 6. The summed E-state index contributed by atoms with van der Waals surface area (Å²) in [6, 6.07) is 18.6. The zero-order valence-corrected chi connectivity index (χ0v) is 19.0. The van der Waals surface area contributed by atoms with Crippen molar-refractivity contribution in [3.05, 3.63) is 60.2 Å². The second kappa shape index (κ2) is 9.51. The number of nitrogens with zero attached hydrogens (tertiary/aromatic N) is 6. The first-order valence-electron chi connectivity index (χ1n) is 10.7. The molecule has 0 saturated carbocycles. The molecule has 1 amide bonds. The third-order valence-corrected chi connectivity index (χ3v) is 6.61. The molecule has 4 rings (SSSR count). The molecule has 0 spiro atoms. The number of benzene rings is 2. The fourth-order valence-electron chi connectivity index (χ4n) is 3.70. The van der Waals surface area contributed by atoms with Crippen molar-refractivity contribution in [1.82, 2.24) is 25.1 Å². The number of hydrogen-bond donors (Lipinski definition) is 0. The summed E-state index contributed by atoms with van der Waals surface area (Å²) in [6.45, 7) is 9.39. The van der Waals surface area contributed by atoms with Crippen LogP contribution in [0.15, 0.2) is 59.8 Å². The van der Waals surface area contributed by atoms with Crippen LogP contribution in [0.1, 0.15) is 32.3 Å². The van der Waals surface area contributed by atoms with Gasteiger partial charge in [0.1, 0.15) is 0 Å². The summed E-state index contributed by atoms with van der Waals surface area (Å²) < 4.78 is 1.70. The van der Waals surface area contributed by atoms with Crippen molar-refractivity contribution in [2.45, 2.75) is 37.1 Å². The van der Waals surface area contributed by atoms with E-state index in [0.717, 1.165) is 31.9 Å². The molecule has 1 aliphatic heterocycles. The van der Waals surface area contributed by atoms with Crippen molar-refractivity contribution < 1.29 is 4.79 Å². The lowest BCUT2D eigenvalue weighted by Gasteiger charge is -2.37. The lowest BCUT2D eigenvalue weighted by molar-refractivity contribution is -0.130. The minimum absolute atomic E-state index is 0.127. The van der Waals surface area contributed by atoms with Gasteiger partial charge in [-0.25, -0.2) is 0 Å². The molecule has 1 atom stereocenters. The molecule has 7 nitrogen and oxygen atoms in total. The SMILES string of the molecule is CC(Sc1nnnn1-c1ccc(C(C)C)cc1)C(=O)N1CCN(c2ccccc2)CC1. The molecule has 2 heterocycles. The molecule has 0 N–H and O–H groups in total. The van der Waals surface area contributed by atoms with E-state index in [1.54, 1.807) is 4.68 Å². The molecule has 31 heavy (non-hydrogen) atoms. The summed E-state index contributed by atoms with van der Waals surface area (Å²) >= 11 is 1.40. The molecule has 1 unspecified atom stereocenters. The molecule has 0 aliphatic carbocycles. The zero-order valence-electron chi connectivity index (χ0n) is 18.2. The van der Waals surface area contributed by atoms with Crippen LogP contribution in [-0.2, 0) is 4.79 Å². The Kier molecular flexibility index (Phi) is 6.56. The maximum atomic E-state index is 13.0. The van der Waals surface area contributed by atoms with Gasteiger partial charge in [-0.2, -0.15) is 4.68 Å². The summed E-state index contributed by atoms with van der Waals surface area (Å²) in [4.78, 5) is 17.3. The van der Waals surface area contributed by atoms with E-state index < -0.39 is 0 Å². The smallest absolute Gasteiger partial charge is 0.236 e. The molecular formula is C23H28N6OS. The highest BCUT2D eigenvalue weighted by molar-refractivity contribution is 8.00. The van der Waals surface area contributed by atoms with E-state index in [9.17, 15) is 4.79 Å². The number of rotatable bonds is 6. The molecule has 0 bridgehead atoms. The molecule has 0 radical (unpaired) electrons. The number of piperazine rings is 1. The Labute approximate surface area is 187 Å². The number of tetrazole rings is 1. The highest BCUT2D eigenvalue weighted by Crippen LogP contribution is 2.26. The van der Waals surface area contributed by atoms with Crippen LogP contribution >= 0.6 is 11.8 Å². The lowest BCUT2D eigenvalue weighted by Crippen LogP contribution is -2.50. The largest absolute Gasteiger partial charge is 0.368 e. The highest BCUT2D eigenvalue weighted by Gasteiger charge is 2.27. The summed E-state index contributed by atoms with van der Waals surface area (Å²) in [5, 5.41) is 12.5. The topological polar surface area (TPSA) is 67.2 Å². The number of carbonyl (C=O) groups excluding carboxylic acids is 1. The second-order valence-corrected chi connectivity index (χ2v) is 9.34. The third kappa shape index (κ3) is 4.90. The van der Waals surface area contributed by atoms with Gasteiger partial charge in [0, 0.05) is 31.9 Å². The molecule has 1 aromatic heterocycles. The van der Waals surface area contributed by atoms with E-state index in [4.69, 9.17) is 0 Å². The van der Waals surface area contributed by atoms with Crippen molar-refractivity contribution in [3.63, 3.8) is 0 Å². The van der Waals surface area contributed by atoms with Crippen LogP contribution in [0, 0.1) is 0 Å². The van der Waals surface area contributed by atoms with E-state index in [1.165, 1.54) is 23.0 Å². The van der Waals surface area contributed by atoms with Gasteiger partial charge in [-0.3, -0.25) is 4.79 Å². The van der Waals surface area contributed by atoms with Crippen LogP contribution in [0.2, 0.25) is 0 Å². The minimum atomic E-state index is -0.261. The van der Waals surface area contributed by atoms with Gasteiger partial charge in [0.2, 0.25) is 11.1 Å². The molecule has 8 heteroatoms. The van der Waals surface area contributed by atoms with Crippen molar-refractivity contribution in [1.29, 1.82) is 0 Å². The fraction of sp³-hybridized carbons (Fsp3) is 0.391. The monoisotopic (exact) mass is 436 g/mol. The average Bonchev–Trinajstić information content (AvgIpc) is 3.27. The second-order valence-electron chi connectivity index (χ2n) is 8.03. The Morgan fingerprint density at radius 3 is 2.23 bits per heavy atom. The van der Waals surface area contributed by atoms with Crippen LogP contribution < -0.4 is 4.90 Å². The summed E-state index contributed by atoms with van der Waals surface area (Å²) in [5.41, 5.74) is 3.37. The molecule has 1 saturated heterocycles. The van der Waals surface area contributed by atoms with Crippen LogP contribution in [0.4, 0.5) is 5.69 Å². The molecule has 1 aliphatic rings. The normalized spacial score (nSPS) is 15.4. The summed E-state index contributed by atoms with van der Waals surface area (Å²) in [7, 11) is 0. The summed E-state index contributed by atoms with van der Waals surface area (Å²) in [5.74, 6) is 0.596. The van der Waals surface area contributed by atoms with Gasteiger partial charge in [-0.15, -0.1) is 5.10 Å². The highest BCUT2D eigenvalue weighted by atomic mass is 32.2. The van der Waals surface area contributed by atoms with Crippen molar-refractivity contribution in [2.75, 3.05) is 31.1 Å². The number of amides is 1. The van der Waals surface area contributed by atoms with Gasteiger partial charge in [0.05, 0.1) is 10.9 Å². The molecule has 3 aromatic rings. The van der Waals surface area contributed by atoms with Crippen molar-refractivity contribution in [2.24, 2.45) is 0 Å². The van der Waals surface area contributed by atoms with E-state index in [2.05, 4.69) is 58.5 Å². The van der Waals surface area contributed by atoms with E-state index >= 15 is 0 Å². The van der Waals surface area contributed by atoms with Gasteiger partial charge >= 0.3 is 0 Å². The van der Waals surface area contributed by atoms with Crippen LogP contribution in [0.5, 0.6) is 0 Å². The van der Waals surface area contributed by atoms with E-state index in [-0.39, 0.29) is 11.2 Å². The predicted molar refractivity (Wildman–Crippen MR) is 124 cm³/mol. The Balaban J connectivity index is 1.37. The molecule has 1 fully saturated rings. The van der Waals surface area contributed by atoms with Crippen molar-refractivity contribution >= 4 is 23.4 Å². The first-order chi connectivity index (χ1) is 15.0. The average molecular weight is 437 g/mol. The fourth-order valence-corrected chi connectivity index (χ4v) is 4.60. The van der Waals surface area contributed by atoms with Gasteiger partial charge in [-0.1, -0.05) is 55.9 Å². The van der Waals surface area contributed by atoms with Gasteiger partial charge in [0.25, 0.3) is 0 Å². The van der Waals surface area contributed by atoms with Crippen LogP contribution in [0.3, 0.4) is 0 Å². The summed E-state index contributed by atoms with van der Waals surface area (Å²) in [6.07, 6.45) is 0. The Morgan fingerprint density at radius 1 is 0.903 bits per heavy atom. The lowest BCUT2D eigenvalue weighted by atomic mass is 10.0. The number of para-hydroxylation sites is 1. The van der Waals surface area contributed by atoms with Crippen molar-refractivity contribution in [3.8, 4) is 5.69 Å². The number of aromatic nitrogens is 4. The Bertz CT molecular complexity index is 996. The first kappa shape index (κ1) is 21.4. The minimum Gasteiger partial charge on any atom is -0.368 e. The number of carbonyl (C=O) groups is 1. The Hall–Kier alpha value is -2.87. The first-order valence-corrected chi connectivity index (χ1v) is 11.5. The molecule has 162 valence electrons. The van der Waals surface area contributed by atoms with Gasteiger partial charge < -0.3 is 9.80 Å². The van der Waals surface area contributed by atoms with E-state index in [0.29, 0.717) is 11.1 Å². The quantitative estimate of drug-likeness (QED) is 0.550. The Morgan fingerprint density at radius 2 is 1.58 bits per heavy atom. The number of anilines is 1. The van der Waals surface area contributed by atoms with E-state index in [1.807, 2.05) is 42.2 Å². The van der Waals surface area contributed by atoms with Gasteiger partial charge in [-0.05, 0) is 53.1 Å². The maximum Gasteiger partial charge on any atom is 0.236 e. The third-order valence-electron chi connectivity index (χ3n) is 5.59. The molecule has 2 aromatic carbocycles. The number of thioether (sulfide) groups is 1.